The Morgan fingerprint density at radius 3 is 2.58 bits per heavy atom. The molecule has 1 N–H and O–H groups in total. The number of hydrogen-bond donors (Lipinski definition) is 1. The van der Waals surface area contributed by atoms with Crippen molar-refractivity contribution in [3.05, 3.63) is 0 Å². The first kappa shape index (κ1) is 9.50. The van der Waals surface area contributed by atoms with E-state index in [9.17, 15) is 0 Å². The molecule has 1 rings (SSSR count). The summed E-state index contributed by atoms with van der Waals surface area (Å²) in [4.78, 5) is 0. The standard InChI is InChI=1S/C9H16N2O/c1-11-8-2-4-9(5-3-8)12-7-6-10/h8-9,11H,2-5,7H2,1H3. The highest BCUT2D eigenvalue weighted by atomic mass is 16.5. The van der Waals surface area contributed by atoms with Gasteiger partial charge in [0.2, 0.25) is 0 Å². The van der Waals surface area contributed by atoms with Crippen molar-refractivity contribution in [3.8, 4) is 6.07 Å². The molecule has 0 spiro atoms. The van der Waals surface area contributed by atoms with Crippen LogP contribution < -0.4 is 5.32 Å². The third-order valence-electron chi connectivity index (χ3n) is 2.47. The molecule has 68 valence electrons. The van der Waals surface area contributed by atoms with E-state index in [2.05, 4.69) is 5.32 Å². The van der Waals surface area contributed by atoms with Crippen LogP contribution in [0.3, 0.4) is 0 Å². The van der Waals surface area contributed by atoms with Crippen LogP contribution in [0.2, 0.25) is 0 Å². The quantitative estimate of drug-likeness (QED) is 0.685. The van der Waals surface area contributed by atoms with Crippen LogP contribution in [-0.2, 0) is 4.74 Å². The normalized spacial score (nSPS) is 29.7. The molecule has 3 nitrogen and oxygen atoms in total. The Labute approximate surface area is 73.7 Å². The third kappa shape index (κ3) is 2.80. The van der Waals surface area contributed by atoms with Gasteiger partial charge in [-0.25, -0.2) is 0 Å². The molecule has 12 heavy (non-hydrogen) atoms. The lowest BCUT2D eigenvalue weighted by Gasteiger charge is -2.27. The zero-order valence-electron chi connectivity index (χ0n) is 7.55. The van der Waals surface area contributed by atoms with Gasteiger partial charge in [-0.2, -0.15) is 5.26 Å². The van der Waals surface area contributed by atoms with Crippen LogP contribution in [-0.4, -0.2) is 25.8 Å². The Kier molecular flexibility index (Phi) is 4.06. The lowest BCUT2D eigenvalue weighted by atomic mass is 9.93. The number of ether oxygens (including phenoxy) is 1. The SMILES string of the molecule is CNC1CCC(OCC#N)CC1. The molecule has 0 aromatic heterocycles. The first-order chi connectivity index (χ1) is 5.86. The maximum absolute atomic E-state index is 8.31. The zero-order chi connectivity index (χ0) is 8.81. The van der Waals surface area contributed by atoms with E-state index in [1.165, 1.54) is 12.8 Å². The average molecular weight is 168 g/mol. The van der Waals surface area contributed by atoms with Gasteiger partial charge in [0.25, 0.3) is 0 Å². The van der Waals surface area contributed by atoms with E-state index in [0.717, 1.165) is 12.8 Å². The Balaban J connectivity index is 2.14. The fourth-order valence-electron chi connectivity index (χ4n) is 1.67. The van der Waals surface area contributed by atoms with Crippen LogP contribution in [0.25, 0.3) is 0 Å². The third-order valence-corrected chi connectivity index (χ3v) is 2.47. The van der Waals surface area contributed by atoms with Crippen LogP contribution in [0.15, 0.2) is 0 Å². The molecule has 0 aromatic rings. The number of nitriles is 1. The number of nitrogens with one attached hydrogen (secondary N) is 1. The summed E-state index contributed by atoms with van der Waals surface area (Å²) in [5, 5.41) is 11.6. The molecule has 0 bridgehead atoms. The summed E-state index contributed by atoms with van der Waals surface area (Å²) in [6.45, 7) is 0.245. The van der Waals surface area contributed by atoms with Gasteiger partial charge in [-0.05, 0) is 32.7 Å². The van der Waals surface area contributed by atoms with Gasteiger partial charge in [0.1, 0.15) is 6.61 Å². The summed E-state index contributed by atoms with van der Waals surface area (Å²) >= 11 is 0. The molecule has 0 unspecified atom stereocenters. The molecule has 1 aliphatic rings. The van der Waals surface area contributed by atoms with Gasteiger partial charge in [0.15, 0.2) is 0 Å². The maximum Gasteiger partial charge on any atom is 0.134 e. The van der Waals surface area contributed by atoms with E-state index in [0.29, 0.717) is 12.1 Å². The van der Waals surface area contributed by atoms with Crippen molar-refractivity contribution in [3.63, 3.8) is 0 Å². The first-order valence-electron chi connectivity index (χ1n) is 4.52. The van der Waals surface area contributed by atoms with Crippen LogP contribution in [0.1, 0.15) is 25.7 Å². The van der Waals surface area contributed by atoms with Crippen molar-refractivity contribution in [2.24, 2.45) is 0 Å². The molecule has 0 amide bonds. The second-order valence-electron chi connectivity index (χ2n) is 3.23. The summed E-state index contributed by atoms with van der Waals surface area (Å²) in [6, 6.07) is 2.66. The second kappa shape index (κ2) is 5.13. The Bertz CT molecular complexity index is 156. The highest BCUT2D eigenvalue weighted by molar-refractivity contribution is 4.78. The van der Waals surface area contributed by atoms with Crippen molar-refractivity contribution in [1.29, 1.82) is 5.26 Å². The highest BCUT2D eigenvalue weighted by Gasteiger charge is 2.19. The largest absolute Gasteiger partial charge is 0.363 e. The van der Waals surface area contributed by atoms with Crippen LogP contribution in [0.4, 0.5) is 0 Å². The molecule has 0 radical (unpaired) electrons. The van der Waals surface area contributed by atoms with Gasteiger partial charge >= 0.3 is 0 Å². The molecular formula is C9H16N2O. The number of nitrogens with zero attached hydrogens (tertiary/aromatic N) is 1. The Morgan fingerprint density at radius 1 is 1.42 bits per heavy atom. The number of rotatable bonds is 3. The van der Waals surface area contributed by atoms with E-state index in [-0.39, 0.29) is 6.61 Å². The minimum atomic E-state index is 0.245. The molecule has 1 saturated carbocycles. The van der Waals surface area contributed by atoms with E-state index in [1.807, 2.05) is 13.1 Å². The predicted molar refractivity (Wildman–Crippen MR) is 46.7 cm³/mol. The summed E-state index contributed by atoms with van der Waals surface area (Å²) in [6.07, 6.45) is 4.86. The smallest absolute Gasteiger partial charge is 0.134 e. The van der Waals surface area contributed by atoms with E-state index >= 15 is 0 Å². The average Bonchev–Trinajstić information content (AvgIpc) is 2.15. The first-order valence-corrected chi connectivity index (χ1v) is 4.52. The van der Waals surface area contributed by atoms with Crippen molar-refractivity contribution in [2.45, 2.75) is 37.8 Å². The molecule has 0 heterocycles. The molecule has 3 heteroatoms. The molecular weight excluding hydrogens is 152 g/mol. The van der Waals surface area contributed by atoms with E-state index in [1.54, 1.807) is 0 Å². The van der Waals surface area contributed by atoms with Crippen molar-refractivity contribution in [2.75, 3.05) is 13.7 Å². The predicted octanol–water partition coefficient (Wildman–Crippen LogP) is 1.06. The van der Waals surface area contributed by atoms with Crippen molar-refractivity contribution >= 4 is 0 Å². The van der Waals surface area contributed by atoms with Gasteiger partial charge in [-0.3, -0.25) is 0 Å². The van der Waals surface area contributed by atoms with Crippen LogP contribution >= 0.6 is 0 Å². The van der Waals surface area contributed by atoms with E-state index < -0.39 is 0 Å². The molecule has 0 saturated heterocycles. The molecule has 0 aromatic carbocycles. The number of hydrogen-bond acceptors (Lipinski definition) is 3. The van der Waals surface area contributed by atoms with Crippen LogP contribution in [0.5, 0.6) is 0 Å². The monoisotopic (exact) mass is 168 g/mol. The second-order valence-corrected chi connectivity index (χ2v) is 3.23. The van der Waals surface area contributed by atoms with Gasteiger partial charge in [-0.15, -0.1) is 0 Å². The van der Waals surface area contributed by atoms with Crippen molar-refractivity contribution < 1.29 is 4.74 Å². The van der Waals surface area contributed by atoms with Gasteiger partial charge in [-0.1, -0.05) is 0 Å². The fourth-order valence-corrected chi connectivity index (χ4v) is 1.67. The molecule has 1 aliphatic carbocycles. The minimum absolute atomic E-state index is 0.245. The Morgan fingerprint density at radius 2 is 2.08 bits per heavy atom. The summed E-state index contributed by atoms with van der Waals surface area (Å²) in [5.41, 5.74) is 0. The topological polar surface area (TPSA) is 45.0 Å². The Hall–Kier alpha value is -0.590. The van der Waals surface area contributed by atoms with Gasteiger partial charge in [0, 0.05) is 6.04 Å². The summed E-state index contributed by atoms with van der Waals surface area (Å²) < 4.78 is 5.34. The lowest BCUT2D eigenvalue weighted by molar-refractivity contribution is 0.0426. The maximum atomic E-state index is 8.31. The summed E-state index contributed by atoms with van der Waals surface area (Å²) in [7, 11) is 2.00. The fraction of sp³-hybridized carbons (Fsp3) is 0.889. The molecule has 1 fully saturated rings. The van der Waals surface area contributed by atoms with Crippen LogP contribution in [0, 0.1) is 11.3 Å². The summed E-state index contributed by atoms with van der Waals surface area (Å²) in [5.74, 6) is 0. The molecule has 0 atom stereocenters. The van der Waals surface area contributed by atoms with E-state index in [4.69, 9.17) is 10.00 Å². The minimum Gasteiger partial charge on any atom is -0.363 e. The van der Waals surface area contributed by atoms with Crippen molar-refractivity contribution in [1.82, 2.24) is 5.32 Å². The zero-order valence-corrected chi connectivity index (χ0v) is 7.55. The molecule has 0 aliphatic heterocycles. The van der Waals surface area contributed by atoms with Gasteiger partial charge < -0.3 is 10.1 Å². The lowest BCUT2D eigenvalue weighted by Crippen LogP contribution is -2.33. The highest BCUT2D eigenvalue weighted by Crippen LogP contribution is 2.20. The van der Waals surface area contributed by atoms with Gasteiger partial charge in [0.05, 0.1) is 12.2 Å².